The van der Waals surface area contributed by atoms with Crippen molar-refractivity contribution in [1.82, 2.24) is 24.0 Å². The summed E-state index contributed by atoms with van der Waals surface area (Å²) in [5.41, 5.74) is 2.17. The zero-order valence-corrected chi connectivity index (χ0v) is 19.5. The lowest BCUT2D eigenvalue weighted by Crippen LogP contribution is -2.47. The summed E-state index contributed by atoms with van der Waals surface area (Å²) in [7, 11) is -1.60. The molecule has 0 spiro atoms. The van der Waals surface area contributed by atoms with Crippen LogP contribution in [0.1, 0.15) is 25.3 Å². The third-order valence-electron chi connectivity index (χ3n) is 5.49. The third-order valence-corrected chi connectivity index (χ3v) is 7.78. The highest BCUT2D eigenvalue weighted by molar-refractivity contribution is 7.99. The van der Waals surface area contributed by atoms with Crippen molar-refractivity contribution < 1.29 is 13.2 Å². The summed E-state index contributed by atoms with van der Waals surface area (Å²) in [5.74, 6) is 1.14. The van der Waals surface area contributed by atoms with E-state index in [9.17, 15) is 13.2 Å². The number of likely N-dealkylation sites (tertiary alicyclic amines) is 1. The summed E-state index contributed by atoms with van der Waals surface area (Å²) in [4.78, 5) is 14.5. The van der Waals surface area contributed by atoms with Gasteiger partial charge >= 0.3 is 0 Å². The highest BCUT2D eigenvalue weighted by Crippen LogP contribution is 2.25. The van der Waals surface area contributed by atoms with E-state index in [2.05, 4.69) is 16.3 Å². The highest BCUT2D eigenvalue weighted by Gasteiger charge is 2.29. The van der Waals surface area contributed by atoms with Crippen LogP contribution in [0.2, 0.25) is 0 Å². The molecule has 164 valence electrons. The Morgan fingerprint density at radius 3 is 2.57 bits per heavy atom. The van der Waals surface area contributed by atoms with Gasteiger partial charge in [0, 0.05) is 38.3 Å². The van der Waals surface area contributed by atoms with Gasteiger partial charge in [0.15, 0.2) is 11.0 Å². The minimum Gasteiger partial charge on any atom is -0.342 e. The molecule has 0 bridgehead atoms. The molecule has 1 aromatic carbocycles. The fourth-order valence-corrected chi connectivity index (χ4v) is 5.30. The van der Waals surface area contributed by atoms with Crippen molar-refractivity contribution in [2.45, 2.75) is 44.4 Å². The Bertz CT molecular complexity index is 998. The van der Waals surface area contributed by atoms with Crippen molar-refractivity contribution in [2.75, 3.05) is 32.1 Å². The van der Waals surface area contributed by atoms with Gasteiger partial charge in [0.05, 0.1) is 12.0 Å². The van der Waals surface area contributed by atoms with Crippen molar-refractivity contribution in [1.29, 1.82) is 0 Å². The molecule has 1 aromatic heterocycles. The Labute approximate surface area is 182 Å². The number of aryl methyl sites for hydroxylation is 1. The first-order valence-corrected chi connectivity index (χ1v) is 12.9. The lowest BCUT2D eigenvalue weighted by molar-refractivity contribution is -0.129. The first-order valence-electron chi connectivity index (χ1n) is 10.0. The molecule has 10 heteroatoms. The van der Waals surface area contributed by atoms with Crippen molar-refractivity contribution in [3.8, 4) is 11.4 Å². The highest BCUT2D eigenvalue weighted by atomic mass is 32.2. The predicted octanol–water partition coefficient (Wildman–Crippen LogP) is 2.25. The van der Waals surface area contributed by atoms with Crippen molar-refractivity contribution in [2.24, 2.45) is 0 Å². The molecule has 0 unspecified atom stereocenters. The molecule has 0 aliphatic carbocycles. The second-order valence-corrected chi connectivity index (χ2v) is 10.6. The molecule has 1 aliphatic rings. The summed E-state index contributed by atoms with van der Waals surface area (Å²) in [6, 6.07) is 8.09. The normalized spacial score (nSPS) is 15.7. The molecule has 2 heterocycles. The first kappa shape index (κ1) is 22.8. The number of thioether (sulfide) groups is 1. The summed E-state index contributed by atoms with van der Waals surface area (Å²) in [6.45, 7) is 5.94. The topological polar surface area (TPSA) is 88.4 Å². The average Bonchev–Trinajstić information content (AvgIpc) is 3.14. The van der Waals surface area contributed by atoms with Crippen LogP contribution in [0.5, 0.6) is 0 Å². The molecule has 1 fully saturated rings. The minimum atomic E-state index is -3.21. The molecule has 0 atom stereocenters. The molecule has 1 aliphatic heterocycles. The van der Waals surface area contributed by atoms with Gasteiger partial charge in [0.1, 0.15) is 0 Å². The van der Waals surface area contributed by atoms with Crippen LogP contribution in [0.25, 0.3) is 11.4 Å². The van der Waals surface area contributed by atoms with Crippen molar-refractivity contribution >= 4 is 27.7 Å². The van der Waals surface area contributed by atoms with Gasteiger partial charge in [-0.2, -0.15) is 0 Å². The monoisotopic (exact) mass is 451 g/mol. The van der Waals surface area contributed by atoms with Gasteiger partial charge in [-0.3, -0.25) is 4.79 Å². The molecule has 0 N–H and O–H groups in total. The zero-order chi connectivity index (χ0) is 21.9. The SMILES string of the molecule is CCn1c(SCC(=O)N2CCC(N(C)S(C)(=O)=O)CC2)nnc1-c1cccc(C)c1. The minimum absolute atomic E-state index is 0.0446. The molecule has 3 rings (SSSR count). The summed E-state index contributed by atoms with van der Waals surface area (Å²) < 4.78 is 26.9. The van der Waals surface area contributed by atoms with Crippen LogP contribution in [0.15, 0.2) is 29.4 Å². The number of hydrogen-bond acceptors (Lipinski definition) is 6. The maximum absolute atomic E-state index is 12.7. The molecule has 30 heavy (non-hydrogen) atoms. The fourth-order valence-electron chi connectivity index (χ4n) is 3.65. The van der Waals surface area contributed by atoms with Crippen LogP contribution >= 0.6 is 11.8 Å². The van der Waals surface area contributed by atoms with E-state index in [4.69, 9.17) is 0 Å². The second-order valence-electron chi connectivity index (χ2n) is 7.60. The molecule has 1 amide bonds. The maximum atomic E-state index is 12.7. The lowest BCUT2D eigenvalue weighted by Gasteiger charge is -2.35. The van der Waals surface area contributed by atoms with Crippen LogP contribution in [-0.2, 0) is 21.4 Å². The van der Waals surface area contributed by atoms with Gasteiger partial charge in [-0.1, -0.05) is 35.5 Å². The Morgan fingerprint density at radius 2 is 1.97 bits per heavy atom. The summed E-state index contributed by atoms with van der Waals surface area (Å²) in [5, 5.41) is 9.38. The number of rotatable bonds is 7. The molecular weight excluding hydrogens is 422 g/mol. The largest absolute Gasteiger partial charge is 0.342 e. The Morgan fingerprint density at radius 1 is 1.27 bits per heavy atom. The molecule has 1 saturated heterocycles. The number of amides is 1. The van der Waals surface area contributed by atoms with Crippen LogP contribution in [0.3, 0.4) is 0 Å². The maximum Gasteiger partial charge on any atom is 0.233 e. The number of piperidine rings is 1. The van der Waals surface area contributed by atoms with Gasteiger partial charge in [-0.25, -0.2) is 12.7 Å². The Kier molecular flexibility index (Phi) is 7.20. The van der Waals surface area contributed by atoms with Crippen LogP contribution in [-0.4, -0.2) is 76.5 Å². The van der Waals surface area contributed by atoms with E-state index in [1.807, 2.05) is 41.5 Å². The van der Waals surface area contributed by atoms with Gasteiger partial charge in [0.25, 0.3) is 0 Å². The number of benzene rings is 1. The smallest absolute Gasteiger partial charge is 0.233 e. The number of hydrogen-bond donors (Lipinski definition) is 0. The van der Waals surface area contributed by atoms with Crippen molar-refractivity contribution in [3.05, 3.63) is 29.8 Å². The average molecular weight is 452 g/mol. The van der Waals surface area contributed by atoms with Crippen LogP contribution < -0.4 is 0 Å². The zero-order valence-electron chi connectivity index (χ0n) is 17.9. The molecule has 0 saturated carbocycles. The molecule has 8 nitrogen and oxygen atoms in total. The second kappa shape index (κ2) is 9.49. The summed E-state index contributed by atoms with van der Waals surface area (Å²) in [6.07, 6.45) is 2.53. The first-order chi connectivity index (χ1) is 14.2. The van der Waals surface area contributed by atoms with Crippen LogP contribution in [0.4, 0.5) is 0 Å². The number of nitrogens with zero attached hydrogens (tertiary/aromatic N) is 5. The van der Waals surface area contributed by atoms with E-state index in [1.54, 1.807) is 7.05 Å². The molecule has 2 aromatic rings. The van der Waals surface area contributed by atoms with Crippen LogP contribution in [0, 0.1) is 6.92 Å². The number of carbonyl (C=O) groups excluding carboxylic acids is 1. The standard InChI is InChI=1S/C20H29N5O3S2/c1-5-25-19(16-8-6-7-15(2)13-16)21-22-20(25)29-14-18(26)24-11-9-17(10-12-24)23(3)30(4,27)28/h6-8,13,17H,5,9-12,14H2,1-4H3. The van der Waals surface area contributed by atoms with E-state index in [0.29, 0.717) is 31.7 Å². The van der Waals surface area contributed by atoms with E-state index in [0.717, 1.165) is 28.7 Å². The Hall–Kier alpha value is -1.91. The van der Waals surface area contributed by atoms with E-state index >= 15 is 0 Å². The number of sulfonamides is 1. The number of carbonyl (C=O) groups is 1. The van der Waals surface area contributed by atoms with E-state index < -0.39 is 10.0 Å². The van der Waals surface area contributed by atoms with Gasteiger partial charge in [0.2, 0.25) is 15.9 Å². The molecule has 0 radical (unpaired) electrons. The van der Waals surface area contributed by atoms with Gasteiger partial charge < -0.3 is 9.47 Å². The predicted molar refractivity (Wildman–Crippen MR) is 119 cm³/mol. The summed E-state index contributed by atoms with van der Waals surface area (Å²) >= 11 is 1.40. The van der Waals surface area contributed by atoms with Gasteiger partial charge in [-0.05, 0) is 32.8 Å². The number of aromatic nitrogens is 3. The van der Waals surface area contributed by atoms with Gasteiger partial charge in [-0.15, -0.1) is 10.2 Å². The van der Waals surface area contributed by atoms with E-state index in [1.165, 1.54) is 22.3 Å². The third kappa shape index (κ3) is 5.22. The quantitative estimate of drug-likeness (QED) is 0.600. The fraction of sp³-hybridized carbons (Fsp3) is 0.550. The van der Waals surface area contributed by atoms with Crippen molar-refractivity contribution in [3.63, 3.8) is 0 Å². The lowest BCUT2D eigenvalue weighted by atomic mass is 10.1. The molecular formula is C20H29N5O3S2. The Balaban J connectivity index is 1.59. The van der Waals surface area contributed by atoms with E-state index in [-0.39, 0.29) is 11.9 Å².